The number of hydrogen-bond acceptors (Lipinski definition) is 0. The van der Waals surface area contributed by atoms with Gasteiger partial charge in [-0.3, -0.25) is 0 Å². The third-order valence-corrected chi connectivity index (χ3v) is 3.28. The van der Waals surface area contributed by atoms with Crippen LogP contribution in [0.15, 0.2) is 30.8 Å². The summed E-state index contributed by atoms with van der Waals surface area (Å²) >= 11 is 5.78. The van der Waals surface area contributed by atoms with Crippen LogP contribution in [0.4, 0.5) is 0 Å². The van der Waals surface area contributed by atoms with Crippen molar-refractivity contribution in [2.45, 2.75) is 13.0 Å². The van der Waals surface area contributed by atoms with Crippen LogP contribution in [-0.4, -0.2) is 8.83 Å². The molecular formula is C10H13ClSi. The minimum atomic E-state index is -0.421. The maximum Gasteiger partial charge on any atom is 0.129 e. The maximum absolute atomic E-state index is 5.78. The number of halogens is 1. The first-order valence-corrected chi connectivity index (χ1v) is 7.19. The highest BCUT2D eigenvalue weighted by atomic mass is 35.6. The Morgan fingerprint density at radius 1 is 1.50 bits per heavy atom. The van der Waals surface area contributed by atoms with Gasteiger partial charge in [0.2, 0.25) is 0 Å². The van der Waals surface area contributed by atoms with E-state index in [0.717, 1.165) is 6.04 Å². The second-order valence-electron chi connectivity index (χ2n) is 2.86. The van der Waals surface area contributed by atoms with E-state index in [4.69, 9.17) is 11.1 Å². The van der Waals surface area contributed by atoms with Crippen molar-refractivity contribution in [1.82, 2.24) is 0 Å². The molecule has 0 unspecified atom stereocenters. The highest BCUT2D eigenvalue weighted by molar-refractivity contribution is 6.94. The smallest absolute Gasteiger partial charge is 0.129 e. The molecule has 0 heterocycles. The molecule has 0 amide bonds. The van der Waals surface area contributed by atoms with E-state index in [9.17, 15) is 0 Å². The normalized spacial score (nSPS) is 10.8. The first-order chi connectivity index (χ1) is 5.75. The van der Waals surface area contributed by atoms with Crippen LogP contribution in [0.3, 0.4) is 0 Å². The molecule has 1 aromatic carbocycles. The van der Waals surface area contributed by atoms with Crippen LogP contribution in [-0.2, 0) is 0 Å². The molecule has 0 aliphatic heterocycles. The van der Waals surface area contributed by atoms with E-state index in [1.54, 1.807) is 0 Å². The molecule has 0 saturated heterocycles. The summed E-state index contributed by atoms with van der Waals surface area (Å²) in [7, 11) is -0.421. The zero-order valence-corrected chi connectivity index (χ0v) is 9.48. The number of hydrogen-bond donors (Lipinski definition) is 0. The topological polar surface area (TPSA) is 0 Å². The Morgan fingerprint density at radius 3 is 2.75 bits per heavy atom. The zero-order chi connectivity index (χ0) is 8.97. The third-order valence-electron chi connectivity index (χ3n) is 1.92. The molecule has 1 aromatic rings. The average Bonchev–Trinajstić information content (AvgIpc) is 2.05. The number of allylic oxidation sites excluding steroid dienone is 1. The minimum absolute atomic E-state index is 0.421. The summed E-state index contributed by atoms with van der Waals surface area (Å²) in [6.45, 7) is 6.13. The molecule has 1 rings (SSSR count). The Labute approximate surface area is 80.8 Å². The molecule has 0 N–H and O–H groups in total. The molecule has 12 heavy (non-hydrogen) atoms. The van der Waals surface area contributed by atoms with Gasteiger partial charge >= 0.3 is 0 Å². The Kier molecular flexibility index (Phi) is 3.57. The molecule has 0 aliphatic carbocycles. The van der Waals surface area contributed by atoms with E-state index in [2.05, 4.69) is 25.6 Å². The Hall–Kier alpha value is -0.533. The molecule has 0 fully saturated rings. The van der Waals surface area contributed by atoms with Gasteiger partial charge in [0.1, 0.15) is 8.83 Å². The van der Waals surface area contributed by atoms with Gasteiger partial charge < -0.3 is 0 Å². The van der Waals surface area contributed by atoms with E-state index in [1.165, 1.54) is 16.7 Å². The van der Waals surface area contributed by atoms with Crippen LogP contribution in [0.2, 0.25) is 6.04 Å². The van der Waals surface area contributed by atoms with Crippen molar-refractivity contribution in [3.8, 4) is 0 Å². The van der Waals surface area contributed by atoms with Gasteiger partial charge in [-0.25, -0.2) is 0 Å². The molecule has 0 nitrogen and oxygen atoms in total. The molecule has 0 radical (unpaired) electrons. The van der Waals surface area contributed by atoms with Gasteiger partial charge in [-0.15, -0.1) is 0 Å². The van der Waals surface area contributed by atoms with E-state index in [0.29, 0.717) is 0 Å². The van der Waals surface area contributed by atoms with Gasteiger partial charge in [-0.05, 0) is 29.7 Å². The predicted molar refractivity (Wildman–Crippen MR) is 59.4 cm³/mol. The zero-order valence-electron chi connectivity index (χ0n) is 7.31. The lowest BCUT2D eigenvalue weighted by atomic mass is 10.0. The Bertz CT molecular complexity index is 281. The van der Waals surface area contributed by atoms with Crippen LogP contribution < -0.4 is 0 Å². The highest BCUT2D eigenvalue weighted by Gasteiger charge is 2.00. The number of benzene rings is 1. The summed E-state index contributed by atoms with van der Waals surface area (Å²) in [5.41, 5.74) is 3.75. The quantitative estimate of drug-likeness (QED) is 0.515. The van der Waals surface area contributed by atoms with Gasteiger partial charge in [-0.1, -0.05) is 30.8 Å². The van der Waals surface area contributed by atoms with Gasteiger partial charge in [0.25, 0.3) is 0 Å². The SMILES string of the molecule is C=C(C[SiH2]Cl)c1ccccc1C. The lowest BCUT2D eigenvalue weighted by Gasteiger charge is -2.06. The maximum atomic E-state index is 5.78. The molecule has 2 heteroatoms. The molecule has 0 spiro atoms. The molecule has 64 valence electrons. The minimum Gasteiger partial charge on any atom is -0.176 e. The average molecular weight is 197 g/mol. The lowest BCUT2D eigenvalue weighted by Crippen LogP contribution is -1.88. The van der Waals surface area contributed by atoms with Crippen LogP contribution in [0.5, 0.6) is 0 Å². The Morgan fingerprint density at radius 2 is 2.17 bits per heavy atom. The largest absolute Gasteiger partial charge is 0.176 e. The van der Waals surface area contributed by atoms with E-state index < -0.39 is 8.83 Å². The molecule has 0 atom stereocenters. The molecule has 0 aliphatic rings. The number of rotatable bonds is 3. The summed E-state index contributed by atoms with van der Waals surface area (Å²) in [4.78, 5) is 0. The standard InChI is InChI=1S/C10H13ClSi/c1-8-5-3-4-6-10(8)9(2)7-12-11/h3-6H,2,7,12H2,1H3. The Balaban J connectivity index is 2.87. The predicted octanol–water partition coefficient (Wildman–Crippen LogP) is 2.75. The summed E-state index contributed by atoms with van der Waals surface area (Å²) in [6, 6.07) is 9.31. The second-order valence-corrected chi connectivity index (χ2v) is 4.87. The van der Waals surface area contributed by atoms with E-state index >= 15 is 0 Å². The van der Waals surface area contributed by atoms with E-state index in [1.807, 2.05) is 12.1 Å². The van der Waals surface area contributed by atoms with Crippen LogP contribution in [0.25, 0.3) is 5.57 Å². The second kappa shape index (κ2) is 4.48. The summed E-state index contributed by atoms with van der Waals surface area (Å²) in [5, 5.41) is 0. The van der Waals surface area contributed by atoms with Crippen LogP contribution in [0.1, 0.15) is 11.1 Å². The fourth-order valence-corrected chi connectivity index (χ4v) is 2.40. The van der Waals surface area contributed by atoms with Crippen molar-refractivity contribution in [3.05, 3.63) is 42.0 Å². The summed E-state index contributed by atoms with van der Waals surface area (Å²) in [6.07, 6.45) is 0. The van der Waals surface area contributed by atoms with Crippen LogP contribution >= 0.6 is 11.1 Å². The molecule has 0 bridgehead atoms. The van der Waals surface area contributed by atoms with Crippen molar-refractivity contribution < 1.29 is 0 Å². The summed E-state index contributed by atoms with van der Waals surface area (Å²) in [5.74, 6) is 0. The van der Waals surface area contributed by atoms with Gasteiger partial charge in [0.15, 0.2) is 0 Å². The first-order valence-electron chi connectivity index (χ1n) is 4.05. The first kappa shape index (κ1) is 9.55. The van der Waals surface area contributed by atoms with Crippen molar-refractivity contribution in [3.63, 3.8) is 0 Å². The van der Waals surface area contributed by atoms with Crippen molar-refractivity contribution in [2.24, 2.45) is 0 Å². The fourth-order valence-electron chi connectivity index (χ4n) is 1.22. The van der Waals surface area contributed by atoms with Crippen molar-refractivity contribution in [2.75, 3.05) is 0 Å². The highest BCUT2D eigenvalue weighted by Crippen LogP contribution is 2.19. The van der Waals surface area contributed by atoms with E-state index in [-0.39, 0.29) is 0 Å². The summed E-state index contributed by atoms with van der Waals surface area (Å²) < 4.78 is 0. The third kappa shape index (κ3) is 2.22. The molecule has 0 saturated carbocycles. The van der Waals surface area contributed by atoms with Crippen LogP contribution in [0, 0.1) is 6.92 Å². The van der Waals surface area contributed by atoms with Crippen molar-refractivity contribution in [1.29, 1.82) is 0 Å². The van der Waals surface area contributed by atoms with Gasteiger partial charge in [0.05, 0.1) is 0 Å². The molecule has 0 aromatic heterocycles. The fraction of sp³-hybridized carbons (Fsp3) is 0.200. The molecular weight excluding hydrogens is 184 g/mol. The monoisotopic (exact) mass is 196 g/mol. The van der Waals surface area contributed by atoms with Crippen molar-refractivity contribution >= 4 is 25.5 Å². The van der Waals surface area contributed by atoms with Gasteiger partial charge in [-0.2, -0.15) is 11.1 Å². The lowest BCUT2D eigenvalue weighted by molar-refractivity contribution is 1.41. The number of aryl methyl sites for hydroxylation is 1. The van der Waals surface area contributed by atoms with Gasteiger partial charge in [0, 0.05) is 0 Å².